The molecule has 1 heterocycles. The zero-order chi connectivity index (χ0) is 21.3. The van der Waals surface area contributed by atoms with E-state index in [9.17, 15) is 9.18 Å². The van der Waals surface area contributed by atoms with Crippen LogP contribution in [0.5, 0.6) is 11.5 Å². The van der Waals surface area contributed by atoms with Gasteiger partial charge in [-0.05, 0) is 49.7 Å². The Bertz CT molecular complexity index is 840. The predicted octanol–water partition coefficient (Wildman–Crippen LogP) is 3.25. The van der Waals surface area contributed by atoms with E-state index in [0.717, 1.165) is 43.9 Å². The summed E-state index contributed by atoms with van der Waals surface area (Å²) in [5, 5.41) is 2.74. The van der Waals surface area contributed by atoms with E-state index < -0.39 is 11.7 Å². The molecule has 0 aromatic heterocycles. The number of carbonyl (C=O) groups excluding carboxylic acids is 1. The molecular weight excluding hydrogens is 387 g/mol. The van der Waals surface area contributed by atoms with E-state index in [-0.39, 0.29) is 12.1 Å². The molecule has 0 atom stereocenters. The molecule has 1 amide bonds. The van der Waals surface area contributed by atoms with Crippen LogP contribution in [-0.2, 0) is 11.3 Å². The second kappa shape index (κ2) is 10.9. The van der Waals surface area contributed by atoms with Gasteiger partial charge in [0, 0.05) is 38.4 Å². The molecule has 1 aliphatic rings. The number of likely N-dealkylation sites (N-methyl/N-ethyl adjacent to an activating group) is 1. The number of nitrogens with one attached hydrogen (secondary N) is 1. The maximum absolute atomic E-state index is 14.0. The molecule has 0 bridgehead atoms. The van der Waals surface area contributed by atoms with E-state index in [2.05, 4.69) is 17.3 Å². The minimum absolute atomic E-state index is 0.0145. The smallest absolute Gasteiger partial charge is 0.254 e. The number of halogens is 1. The molecular formula is C23H29FN2O4. The molecule has 0 radical (unpaired) electrons. The van der Waals surface area contributed by atoms with Crippen LogP contribution in [0.1, 0.15) is 28.8 Å². The molecule has 1 saturated heterocycles. The van der Waals surface area contributed by atoms with E-state index in [1.165, 1.54) is 19.2 Å². The number of hydrogen-bond donors (Lipinski definition) is 1. The molecule has 0 unspecified atom stereocenters. The average molecular weight is 416 g/mol. The Hall–Kier alpha value is -2.64. The van der Waals surface area contributed by atoms with E-state index in [4.69, 9.17) is 14.2 Å². The van der Waals surface area contributed by atoms with Gasteiger partial charge in [0.2, 0.25) is 0 Å². The Labute approximate surface area is 176 Å². The largest absolute Gasteiger partial charge is 0.497 e. The summed E-state index contributed by atoms with van der Waals surface area (Å²) in [5.41, 5.74) is 0.868. The maximum atomic E-state index is 14.0. The number of ether oxygens (including phenoxy) is 3. The zero-order valence-corrected chi connectivity index (χ0v) is 17.5. The van der Waals surface area contributed by atoms with Gasteiger partial charge in [0.05, 0.1) is 12.7 Å². The fraction of sp³-hybridized carbons (Fsp3) is 0.435. The van der Waals surface area contributed by atoms with Crippen molar-refractivity contribution in [3.8, 4) is 11.5 Å². The highest BCUT2D eigenvalue weighted by Gasteiger charge is 2.18. The SMILES string of the molecule is COc1ccc(C(=O)NCc2cccc(OCCN(C)C3CCOCC3)c2)c(F)c1. The Morgan fingerprint density at radius 2 is 2.00 bits per heavy atom. The molecule has 1 aliphatic heterocycles. The van der Waals surface area contributed by atoms with Crippen LogP contribution in [0.4, 0.5) is 4.39 Å². The highest BCUT2D eigenvalue weighted by molar-refractivity contribution is 5.94. The summed E-state index contributed by atoms with van der Waals surface area (Å²) < 4.78 is 30.3. The van der Waals surface area contributed by atoms with E-state index >= 15 is 0 Å². The van der Waals surface area contributed by atoms with Crippen LogP contribution in [-0.4, -0.2) is 57.4 Å². The number of amides is 1. The minimum Gasteiger partial charge on any atom is -0.497 e. The van der Waals surface area contributed by atoms with Crippen LogP contribution >= 0.6 is 0 Å². The topological polar surface area (TPSA) is 60.0 Å². The van der Waals surface area contributed by atoms with Crippen LogP contribution in [0.3, 0.4) is 0 Å². The van der Waals surface area contributed by atoms with Crippen molar-refractivity contribution in [1.29, 1.82) is 0 Å². The molecule has 6 nitrogen and oxygen atoms in total. The molecule has 2 aromatic rings. The zero-order valence-electron chi connectivity index (χ0n) is 17.5. The lowest BCUT2D eigenvalue weighted by molar-refractivity contribution is 0.0392. The van der Waals surface area contributed by atoms with Crippen molar-refractivity contribution >= 4 is 5.91 Å². The van der Waals surface area contributed by atoms with Crippen LogP contribution in [0.15, 0.2) is 42.5 Å². The second-order valence-electron chi connectivity index (χ2n) is 7.35. The summed E-state index contributed by atoms with van der Waals surface area (Å²) in [6.45, 7) is 3.35. The number of benzene rings is 2. The maximum Gasteiger partial charge on any atom is 0.254 e. The van der Waals surface area contributed by atoms with Crippen molar-refractivity contribution in [2.75, 3.05) is 40.5 Å². The molecule has 7 heteroatoms. The van der Waals surface area contributed by atoms with Gasteiger partial charge >= 0.3 is 0 Å². The first-order chi connectivity index (χ1) is 14.6. The Balaban J connectivity index is 1.47. The summed E-state index contributed by atoms with van der Waals surface area (Å²) >= 11 is 0. The van der Waals surface area contributed by atoms with Crippen LogP contribution in [0.2, 0.25) is 0 Å². The first-order valence-corrected chi connectivity index (χ1v) is 10.2. The second-order valence-corrected chi connectivity index (χ2v) is 7.35. The normalized spacial score (nSPS) is 14.5. The lowest BCUT2D eigenvalue weighted by Crippen LogP contribution is -2.38. The summed E-state index contributed by atoms with van der Waals surface area (Å²) in [6.07, 6.45) is 2.11. The standard InChI is InChI=1S/C23H29FN2O4/c1-26(18-8-11-29-12-9-18)10-13-30-20-5-3-4-17(14-20)16-25-23(27)21-7-6-19(28-2)15-22(21)24/h3-7,14-15,18H,8-13,16H2,1-2H3,(H,25,27). The van der Waals surface area contributed by atoms with Crippen molar-refractivity contribution in [3.05, 3.63) is 59.4 Å². The third-order valence-electron chi connectivity index (χ3n) is 5.30. The van der Waals surface area contributed by atoms with Gasteiger partial charge in [0.1, 0.15) is 23.9 Å². The average Bonchev–Trinajstić information content (AvgIpc) is 2.78. The fourth-order valence-electron chi connectivity index (χ4n) is 3.45. The minimum atomic E-state index is -0.613. The van der Waals surface area contributed by atoms with Gasteiger partial charge in [-0.3, -0.25) is 9.69 Å². The van der Waals surface area contributed by atoms with Crippen molar-refractivity contribution in [2.24, 2.45) is 0 Å². The van der Waals surface area contributed by atoms with Gasteiger partial charge in [0.15, 0.2) is 0 Å². The molecule has 1 N–H and O–H groups in total. The quantitative estimate of drug-likeness (QED) is 0.680. The summed E-state index contributed by atoms with van der Waals surface area (Å²) in [4.78, 5) is 14.6. The van der Waals surface area contributed by atoms with Gasteiger partial charge in [-0.1, -0.05) is 12.1 Å². The summed E-state index contributed by atoms with van der Waals surface area (Å²) in [5.74, 6) is 0.0336. The Kier molecular flexibility index (Phi) is 8.04. The molecule has 0 aliphatic carbocycles. The summed E-state index contributed by atoms with van der Waals surface area (Å²) in [7, 11) is 3.57. The molecule has 162 valence electrons. The van der Waals surface area contributed by atoms with E-state index in [1.807, 2.05) is 24.3 Å². The Morgan fingerprint density at radius 3 is 2.73 bits per heavy atom. The number of nitrogens with zero attached hydrogens (tertiary/aromatic N) is 1. The van der Waals surface area contributed by atoms with Gasteiger partial charge in [-0.25, -0.2) is 4.39 Å². The van der Waals surface area contributed by atoms with Crippen molar-refractivity contribution in [3.63, 3.8) is 0 Å². The van der Waals surface area contributed by atoms with Gasteiger partial charge < -0.3 is 19.5 Å². The highest BCUT2D eigenvalue weighted by atomic mass is 19.1. The van der Waals surface area contributed by atoms with Gasteiger partial charge in [-0.15, -0.1) is 0 Å². The third kappa shape index (κ3) is 6.18. The molecule has 3 rings (SSSR count). The molecule has 1 fully saturated rings. The van der Waals surface area contributed by atoms with Crippen LogP contribution in [0.25, 0.3) is 0 Å². The summed E-state index contributed by atoms with van der Waals surface area (Å²) in [6, 6.07) is 12.3. The third-order valence-corrected chi connectivity index (χ3v) is 5.30. The first-order valence-electron chi connectivity index (χ1n) is 10.2. The Morgan fingerprint density at radius 1 is 1.20 bits per heavy atom. The van der Waals surface area contributed by atoms with Crippen LogP contribution < -0.4 is 14.8 Å². The number of methoxy groups -OCH3 is 1. The van der Waals surface area contributed by atoms with Crippen molar-refractivity contribution in [1.82, 2.24) is 10.2 Å². The van der Waals surface area contributed by atoms with Crippen molar-refractivity contribution < 1.29 is 23.4 Å². The predicted molar refractivity (Wildman–Crippen MR) is 113 cm³/mol. The first kappa shape index (κ1) is 22.1. The van der Waals surface area contributed by atoms with Crippen LogP contribution in [0, 0.1) is 5.82 Å². The number of hydrogen-bond acceptors (Lipinski definition) is 5. The molecule has 0 spiro atoms. The van der Waals surface area contributed by atoms with Gasteiger partial charge in [-0.2, -0.15) is 0 Å². The lowest BCUT2D eigenvalue weighted by atomic mass is 10.1. The number of rotatable bonds is 9. The van der Waals surface area contributed by atoms with E-state index in [1.54, 1.807) is 6.07 Å². The lowest BCUT2D eigenvalue weighted by Gasteiger charge is -2.31. The fourth-order valence-corrected chi connectivity index (χ4v) is 3.45. The van der Waals surface area contributed by atoms with Gasteiger partial charge in [0.25, 0.3) is 5.91 Å². The number of carbonyl (C=O) groups is 1. The molecule has 0 saturated carbocycles. The molecule has 30 heavy (non-hydrogen) atoms. The van der Waals surface area contributed by atoms with E-state index in [0.29, 0.717) is 18.4 Å². The highest BCUT2D eigenvalue weighted by Crippen LogP contribution is 2.17. The van der Waals surface area contributed by atoms with Crippen molar-refractivity contribution in [2.45, 2.75) is 25.4 Å². The monoisotopic (exact) mass is 416 g/mol. The molecule has 2 aromatic carbocycles.